The molecule has 1 aliphatic rings. The number of aliphatic hydroxyl groups is 1. The highest BCUT2D eigenvalue weighted by Gasteiger charge is 2.33. The second-order valence-corrected chi connectivity index (χ2v) is 6.55. The Balaban J connectivity index is 1.66. The van der Waals surface area contributed by atoms with Crippen molar-refractivity contribution in [2.45, 2.75) is 18.7 Å². The molecule has 0 bridgehead atoms. The fraction of sp³-hybridized carbons (Fsp3) is 0.273. The number of aliphatic hydroxyl groups excluding tert-OH is 1. The Kier molecular flexibility index (Phi) is 5.16. The van der Waals surface area contributed by atoms with Crippen LogP contribution in [0.1, 0.15) is 17.2 Å². The van der Waals surface area contributed by atoms with E-state index in [1.807, 2.05) is 36.4 Å². The fourth-order valence-electron chi connectivity index (χ4n) is 3.74. The van der Waals surface area contributed by atoms with Crippen molar-refractivity contribution in [1.82, 2.24) is 4.90 Å². The number of furan rings is 1. The summed E-state index contributed by atoms with van der Waals surface area (Å²) in [5.41, 5.74) is 3.49. The molecule has 4 heteroatoms. The molecule has 1 saturated heterocycles. The maximum absolute atomic E-state index is 9.84. The third-order valence-corrected chi connectivity index (χ3v) is 4.95. The Morgan fingerprint density at radius 2 is 1.77 bits per heavy atom. The molecule has 26 heavy (non-hydrogen) atoms. The van der Waals surface area contributed by atoms with Crippen molar-refractivity contribution < 1.29 is 14.3 Å². The molecule has 0 radical (unpaired) electrons. The molecule has 0 spiro atoms. The summed E-state index contributed by atoms with van der Waals surface area (Å²) in [7, 11) is 0. The molecule has 0 aliphatic carbocycles. The van der Waals surface area contributed by atoms with Crippen molar-refractivity contribution >= 4 is 0 Å². The number of hydrogen-bond acceptors (Lipinski definition) is 4. The first-order chi connectivity index (χ1) is 12.9. The van der Waals surface area contributed by atoms with Gasteiger partial charge in [0.05, 0.1) is 25.5 Å². The van der Waals surface area contributed by atoms with Gasteiger partial charge in [-0.25, -0.2) is 0 Å². The monoisotopic (exact) mass is 349 g/mol. The summed E-state index contributed by atoms with van der Waals surface area (Å²) in [5.74, 6) is 0.879. The van der Waals surface area contributed by atoms with Crippen LogP contribution in [-0.4, -0.2) is 35.9 Å². The first-order valence-electron chi connectivity index (χ1n) is 9.00. The molecule has 2 atom stereocenters. The third-order valence-electron chi connectivity index (χ3n) is 4.95. The van der Waals surface area contributed by atoms with Gasteiger partial charge in [0.25, 0.3) is 0 Å². The number of benzene rings is 2. The highest BCUT2D eigenvalue weighted by atomic mass is 16.5. The minimum absolute atomic E-state index is 0.00981. The van der Waals surface area contributed by atoms with E-state index in [-0.39, 0.29) is 18.8 Å². The van der Waals surface area contributed by atoms with Gasteiger partial charge in [0, 0.05) is 18.7 Å². The predicted octanol–water partition coefficient (Wildman–Crippen LogP) is 3.88. The van der Waals surface area contributed by atoms with Gasteiger partial charge in [-0.2, -0.15) is 0 Å². The normalized spacial score (nSPS) is 21.0. The van der Waals surface area contributed by atoms with Gasteiger partial charge in [0.1, 0.15) is 11.9 Å². The summed E-state index contributed by atoms with van der Waals surface area (Å²) >= 11 is 0. The van der Waals surface area contributed by atoms with E-state index in [2.05, 4.69) is 35.2 Å². The molecule has 3 aromatic rings. The zero-order valence-corrected chi connectivity index (χ0v) is 14.6. The van der Waals surface area contributed by atoms with Crippen LogP contribution in [0.5, 0.6) is 0 Å². The van der Waals surface area contributed by atoms with Crippen LogP contribution in [0, 0.1) is 0 Å². The summed E-state index contributed by atoms with van der Waals surface area (Å²) in [6.07, 6.45) is 1.48. The second kappa shape index (κ2) is 7.87. The molecule has 2 aromatic carbocycles. The average Bonchev–Trinajstić information content (AvgIpc) is 3.23. The predicted molar refractivity (Wildman–Crippen MR) is 101 cm³/mol. The number of rotatable bonds is 5. The highest BCUT2D eigenvalue weighted by Crippen LogP contribution is 2.33. The molecule has 1 aromatic heterocycles. The number of ether oxygens (including phenoxy) is 1. The molecule has 0 saturated carbocycles. The van der Waals surface area contributed by atoms with E-state index in [1.165, 1.54) is 11.1 Å². The first kappa shape index (κ1) is 17.0. The van der Waals surface area contributed by atoms with E-state index in [1.54, 1.807) is 6.26 Å². The topological polar surface area (TPSA) is 45.8 Å². The van der Waals surface area contributed by atoms with Crippen molar-refractivity contribution in [2.75, 3.05) is 19.8 Å². The van der Waals surface area contributed by atoms with E-state index in [9.17, 15) is 5.11 Å². The number of nitrogens with zero attached hydrogens (tertiary/aromatic N) is 1. The number of hydrogen-bond donors (Lipinski definition) is 1. The molecule has 4 nitrogen and oxygen atoms in total. The van der Waals surface area contributed by atoms with Crippen LogP contribution in [0.15, 0.2) is 77.4 Å². The van der Waals surface area contributed by atoms with E-state index in [0.29, 0.717) is 6.61 Å². The van der Waals surface area contributed by atoms with Gasteiger partial charge in [0.15, 0.2) is 0 Å². The molecular weight excluding hydrogens is 326 g/mol. The van der Waals surface area contributed by atoms with Gasteiger partial charge in [-0.15, -0.1) is 0 Å². The third kappa shape index (κ3) is 3.44. The first-order valence-corrected chi connectivity index (χ1v) is 9.00. The zero-order chi connectivity index (χ0) is 17.8. The van der Waals surface area contributed by atoms with Gasteiger partial charge in [-0.1, -0.05) is 54.6 Å². The molecule has 134 valence electrons. The molecule has 1 N–H and O–H groups in total. The lowest BCUT2D eigenvalue weighted by Gasteiger charge is -2.41. The molecular formula is C22H23NO3. The minimum Gasteiger partial charge on any atom is -0.464 e. The maximum atomic E-state index is 9.84. The van der Waals surface area contributed by atoms with E-state index >= 15 is 0 Å². The summed E-state index contributed by atoms with van der Waals surface area (Å²) in [5, 5.41) is 9.84. The summed E-state index contributed by atoms with van der Waals surface area (Å²) in [6, 6.07) is 22.5. The van der Waals surface area contributed by atoms with Crippen molar-refractivity contribution in [3.8, 4) is 11.3 Å². The van der Waals surface area contributed by atoms with Crippen LogP contribution < -0.4 is 0 Å². The molecule has 4 rings (SSSR count). The minimum atomic E-state index is -0.220. The second-order valence-electron chi connectivity index (χ2n) is 6.55. The van der Waals surface area contributed by atoms with Crippen molar-refractivity contribution in [3.05, 3.63) is 84.1 Å². The van der Waals surface area contributed by atoms with Crippen LogP contribution in [0.25, 0.3) is 11.3 Å². The van der Waals surface area contributed by atoms with Gasteiger partial charge in [-0.3, -0.25) is 4.90 Å². The van der Waals surface area contributed by atoms with Gasteiger partial charge in [-0.05, 0) is 23.3 Å². The summed E-state index contributed by atoms with van der Waals surface area (Å²) in [4.78, 5) is 2.39. The van der Waals surface area contributed by atoms with Crippen LogP contribution >= 0.6 is 0 Å². The Bertz CT molecular complexity index is 816. The van der Waals surface area contributed by atoms with Gasteiger partial charge < -0.3 is 14.3 Å². The quantitative estimate of drug-likeness (QED) is 0.759. The summed E-state index contributed by atoms with van der Waals surface area (Å²) < 4.78 is 11.5. The van der Waals surface area contributed by atoms with Crippen molar-refractivity contribution in [1.29, 1.82) is 0 Å². The zero-order valence-electron chi connectivity index (χ0n) is 14.6. The average molecular weight is 349 g/mol. The van der Waals surface area contributed by atoms with Crippen LogP contribution in [0.4, 0.5) is 0 Å². The lowest BCUT2D eigenvalue weighted by atomic mass is 9.96. The van der Waals surface area contributed by atoms with E-state index < -0.39 is 0 Å². The van der Waals surface area contributed by atoms with E-state index in [4.69, 9.17) is 9.15 Å². The van der Waals surface area contributed by atoms with Crippen molar-refractivity contribution in [2.24, 2.45) is 0 Å². The molecule has 0 amide bonds. The standard InChI is InChI=1S/C22H23NO3/c24-16-21-22(17-7-2-1-3-8-17)23(12-14-26-21)15-18-9-4-5-10-19(18)20-11-6-13-25-20/h1-11,13,21-22,24H,12,14-16H2/t21-,22-/m1/s1. The molecule has 1 fully saturated rings. The lowest BCUT2D eigenvalue weighted by molar-refractivity contribution is -0.0960. The van der Waals surface area contributed by atoms with E-state index in [0.717, 1.165) is 24.4 Å². The largest absolute Gasteiger partial charge is 0.464 e. The number of morpholine rings is 1. The molecule has 0 unspecified atom stereocenters. The fourth-order valence-corrected chi connectivity index (χ4v) is 3.74. The Hall–Kier alpha value is -2.40. The Labute approximate surface area is 153 Å². The smallest absolute Gasteiger partial charge is 0.134 e. The van der Waals surface area contributed by atoms with Gasteiger partial charge >= 0.3 is 0 Å². The van der Waals surface area contributed by atoms with Crippen LogP contribution in [0.3, 0.4) is 0 Å². The van der Waals surface area contributed by atoms with Crippen LogP contribution in [0.2, 0.25) is 0 Å². The molecule has 1 aliphatic heterocycles. The summed E-state index contributed by atoms with van der Waals surface area (Å²) in [6.45, 7) is 2.23. The SMILES string of the molecule is OC[C@H]1OCCN(Cc2ccccc2-c2ccco2)[C@@H]1c1ccccc1. The lowest BCUT2D eigenvalue weighted by Crippen LogP contribution is -2.46. The maximum Gasteiger partial charge on any atom is 0.134 e. The highest BCUT2D eigenvalue weighted by molar-refractivity contribution is 5.61. The Morgan fingerprint density at radius 3 is 2.54 bits per heavy atom. The van der Waals surface area contributed by atoms with Gasteiger partial charge in [0.2, 0.25) is 0 Å². The van der Waals surface area contributed by atoms with Crippen LogP contribution in [-0.2, 0) is 11.3 Å². The Morgan fingerprint density at radius 1 is 0.962 bits per heavy atom. The molecule has 2 heterocycles. The van der Waals surface area contributed by atoms with Crippen molar-refractivity contribution in [3.63, 3.8) is 0 Å².